The van der Waals surface area contributed by atoms with Crippen molar-refractivity contribution in [2.75, 3.05) is 26.7 Å². The number of pyridine rings is 1. The Bertz CT molecular complexity index is 664. The van der Waals surface area contributed by atoms with E-state index in [9.17, 15) is 4.79 Å². The third-order valence-corrected chi connectivity index (χ3v) is 4.68. The van der Waals surface area contributed by atoms with Gasteiger partial charge in [0.15, 0.2) is 0 Å². The molecule has 132 valence electrons. The summed E-state index contributed by atoms with van der Waals surface area (Å²) in [4.78, 5) is 29.2. The second kappa shape index (κ2) is 8.67. The summed E-state index contributed by atoms with van der Waals surface area (Å²) >= 11 is 0. The van der Waals surface area contributed by atoms with Crippen molar-refractivity contribution in [3.8, 4) is 0 Å². The Morgan fingerprint density at radius 1 is 1.32 bits per heavy atom. The summed E-state index contributed by atoms with van der Waals surface area (Å²) in [5.74, 6) is 0.561. The fourth-order valence-electron chi connectivity index (χ4n) is 3.31. The van der Waals surface area contributed by atoms with Crippen molar-refractivity contribution in [3.63, 3.8) is 0 Å². The van der Waals surface area contributed by atoms with Crippen LogP contribution in [-0.4, -0.2) is 57.3 Å². The largest absolute Gasteiger partial charge is 0.342 e. The summed E-state index contributed by atoms with van der Waals surface area (Å²) in [6.45, 7) is 3.18. The van der Waals surface area contributed by atoms with Crippen molar-refractivity contribution in [2.24, 2.45) is 0 Å². The van der Waals surface area contributed by atoms with Crippen LogP contribution in [0.5, 0.6) is 0 Å². The Balaban J connectivity index is 1.47. The highest BCUT2D eigenvalue weighted by Crippen LogP contribution is 2.25. The van der Waals surface area contributed by atoms with Gasteiger partial charge in [0.05, 0.1) is 0 Å². The summed E-state index contributed by atoms with van der Waals surface area (Å²) in [7, 11) is 2.04. The molecule has 1 amide bonds. The zero-order chi connectivity index (χ0) is 17.5. The number of piperidine rings is 1. The number of amides is 1. The number of rotatable bonds is 6. The predicted molar refractivity (Wildman–Crippen MR) is 95.8 cm³/mol. The van der Waals surface area contributed by atoms with Gasteiger partial charge in [-0.25, -0.2) is 9.97 Å². The van der Waals surface area contributed by atoms with Gasteiger partial charge in [-0.15, -0.1) is 0 Å². The molecule has 1 fully saturated rings. The van der Waals surface area contributed by atoms with Gasteiger partial charge in [-0.2, -0.15) is 0 Å². The second-order valence-electron chi connectivity index (χ2n) is 6.66. The van der Waals surface area contributed by atoms with Crippen LogP contribution >= 0.6 is 0 Å². The van der Waals surface area contributed by atoms with E-state index in [2.05, 4.69) is 25.9 Å². The minimum absolute atomic E-state index is 0.233. The number of likely N-dealkylation sites (tertiary alicyclic amines) is 1. The lowest BCUT2D eigenvalue weighted by Gasteiger charge is -2.33. The molecule has 2 aromatic rings. The lowest BCUT2D eigenvalue weighted by Crippen LogP contribution is -2.40. The van der Waals surface area contributed by atoms with Gasteiger partial charge in [-0.05, 0) is 37.6 Å². The van der Waals surface area contributed by atoms with E-state index in [0.29, 0.717) is 12.3 Å². The van der Waals surface area contributed by atoms with E-state index in [1.807, 2.05) is 30.3 Å². The number of nitrogens with zero attached hydrogens (tertiary/aromatic N) is 5. The van der Waals surface area contributed by atoms with Crippen molar-refractivity contribution in [1.82, 2.24) is 24.8 Å². The normalized spacial score (nSPS) is 17.7. The average molecular weight is 339 g/mol. The molecule has 0 N–H and O–H groups in total. The fraction of sp³-hybridized carbons (Fsp3) is 0.474. The molecule has 0 saturated carbocycles. The zero-order valence-electron chi connectivity index (χ0n) is 14.7. The molecule has 1 atom stereocenters. The summed E-state index contributed by atoms with van der Waals surface area (Å²) in [6, 6.07) is 5.96. The monoisotopic (exact) mass is 339 g/mol. The first kappa shape index (κ1) is 17.5. The van der Waals surface area contributed by atoms with Gasteiger partial charge >= 0.3 is 0 Å². The van der Waals surface area contributed by atoms with Crippen LogP contribution in [0.1, 0.15) is 36.4 Å². The zero-order valence-corrected chi connectivity index (χ0v) is 14.7. The summed E-state index contributed by atoms with van der Waals surface area (Å²) < 4.78 is 0. The molecule has 6 nitrogen and oxygen atoms in total. The minimum Gasteiger partial charge on any atom is -0.342 e. The molecule has 25 heavy (non-hydrogen) atoms. The molecule has 2 aromatic heterocycles. The number of carbonyl (C=O) groups is 1. The molecule has 3 rings (SSSR count). The van der Waals surface area contributed by atoms with Crippen LogP contribution < -0.4 is 0 Å². The van der Waals surface area contributed by atoms with Gasteiger partial charge in [-0.1, -0.05) is 6.07 Å². The maximum Gasteiger partial charge on any atom is 0.223 e. The highest BCUT2D eigenvalue weighted by atomic mass is 16.2. The molecule has 6 heteroatoms. The van der Waals surface area contributed by atoms with E-state index >= 15 is 0 Å². The smallest absolute Gasteiger partial charge is 0.223 e. The van der Waals surface area contributed by atoms with E-state index in [-0.39, 0.29) is 5.91 Å². The molecular weight excluding hydrogens is 314 g/mol. The average Bonchev–Trinajstić information content (AvgIpc) is 2.68. The van der Waals surface area contributed by atoms with E-state index in [0.717, 1.165) is 44.7 Å². The molecule has 0 radical (unpaired) electrons. The second-order valence-corrected chi connectivity index (χ2v) is 6.66. The Hall–Kier alpha value is -2.34. The van der Waals surface area contributed by atoms with E-state index in [1.165, 1.54) is 5.56 Å². The Kier molecular flexibility index (Phi) is 6.06. The highest BCUT2D eigenvalue weighted by molar-refractivity contribution is 5.76. The fourth-order valence-corrected chi connectivity index (χ4v) is 3.31. The Morgan fingerprint density at radius 2 is 2.24 bits per heavy atom. The lowest BCUT2D eigenvalue weighted by molar-refractivity contribution is -0.132. The predicted octanol–water partition coefficient (Wildman–Crippen LogP) is 2.10. The van der Waals surface area contributed by atoms with Crippen LogP contribution in [0.15, 0.2) is 43.1 Å². The van der Waals surface area contributed by atoms with Gasteiger partial charge in [0.2, 0.25) is 5.91 Å². The first-order valence-electron chi connectivity index (χ1n) is 8.83. The van der Waals surface area contributed by atoms with Crippen molar-refractivity contribution in [3.05, 3.63) is 54.4 Å². The van der Waals surface area contributed by atoms with Gasteiger partial charge in [0.25, 0.3) is 0 Å². The standard InChI is InChI=1S/C19H25N5O/c1-23(13-16-4-2-8-20-12-16)11-7-19(25)24-10-3-5-17(14-24)18-6-9-21-15-22-18/h2,4,6,8-9,12,15,17H,3,5,7,10-11,13-14H2,1H3. The lowest BCUT2D eigenvalue weighted by atomic mass is 9.94. The van der Waals surface area contributed by atoms with Gasteiger partial charge < -0.3 is 9.80 Å². The summed E-state index contributed by atoms with van der Waals surface area (Å²) in [5.41, 5.74) is 2.21. The molecule has 0 spiro atoms. The van der Waals surface area contributed by atoms with E-state index < -0.39 is 0 Å². The number of hydrogen-bond acceptors (Lipinski definition) is 5. The van der Waals surface area contributed by atoms with Crippen molar-refractivity contribution in [1.29, 1.82) is 0 Å². The maximum atomic E-state index is 12.6. The molecule has 1 saturated heterocycles. The first-order valence-corrected chi connectivity index (χ1v) is 8.83. The van der Waals surface area contributed by atoms with Gasteiger partial charge in [0, 0.05) is 62.8 Å². The Morgan fingerprint density at radius 3 is 3.00 bits per heavy atom. The SMILES string of the molecule is CN(CCC(=O)N1CCCC(c2ccncn2)C1)Cc1cccnc1. The summed E-state index contributed by atoms with van der Waals surface area (Å²) in [5, 5.41) is 0. The number of aromatic nitrogens is 3. The molecule has 1 aliphatic rings. The highest BCUT2D eigenvalue weighted by Gasteiger charge is 2.25. The van der Waals surface area contributed by atoms with E-state index in [1.54, 1.807) is 18.7 Å². The molecule has 3 heterocycles. The number of hydrogen-bond donors (Lipinski definition) is 0. The molecule has 0 bridgehead atoms. The van der Waals surface area contributed by atoms with Gasteiger partial charge in [-0.3, -0.25) is 9.78 Å². The van der Waals surface area contributed by atoms with Gasteiger partial charge in [0.1, 0.15) is 6.33 Å². The third-order valence-electron chi connectivity index (χ3n) is 4.68. The minimum atomic E-state index is 0.233. The van der Waals surface area contributed by atoms with E-state index in [4.69, 9.17) is 0 Å². The third kappa shape index (κ3) is 5.06. The molecule has 1 aliphatic heterocycles. The van der Waals surface area contributed by atoms with Crippen LogP contribution in [0.25, 0.3) is 0 Å². The van der Waals surface area contributed by atoms with Crippen molar-refractivity contribution >= 4 is 5.91 Å². The molecule has 1 unspecified atom stereocenters. The molecule has 0 aromatic carbocycles. The maximum absolute atomic E-state index is 12.6. The first-order chi connectivity index (χ1) is 12.2. The quantitative estimate of drug-likeness (QED) is 0.806. The Labute approximate surface area is 148 Å². The van der Waals surface area contributed by atoms with Crippen molar-refractivity contribution < 1.29 is 4.79 Å². The van der Waals surface area contributed by atoms with Crippen LogP contribution in [0.2, 0.25) is 0 Å². The van der Waals surface area contributed by atoms with Crippen LogP contribution in [-0.2, 0) is 11.3 Å². The number of carbonyl (C=O) groups excluding carboxylic acids is 1. The van der Waals surface area contributed by atoms with Crippen LogP contribution in [0, 0.1) is 0 Å². The summed E-state index contributed by atoms with van der Waals surface area (Å²) in [6.07, 6.45) is 9.67. The van der Waals surface area contributed by atoms with Crippen LogP contribution in [0.4, 0.5) is 0 Å². The molecular formula is C19H25N5O. The molecule has 0 aliphatic carbocycles. The van der Waals surface area contributed by atoms with Crippen LogP contribution in [0.3, 0.4) is 0 Å². The topological polar surface area (TPSA) is 62.2 Å². The van der Waals surface area contributed by atoms with Crippen molar-refractivity contribution in [2.45, 2.75) is 31.7 Å².